The maximum absolute atomic E-state index is 12.3. The van der Waals surface area contributed by atoms with E-state index in [0.717, 1.165) is 5.69 Å². The van der Waals surface area contributed by atoms with Crippen LogP contribution in [0.4, 0.5) is 5.69 Å². The Morgan fingerprint density at radius 1 is 1.45 bits per heavy atom. The number of likely N-dealkylation sites (tertiary alicyclic amines) is 1. The molecule has 5 nitrogen and oxygen atoms in total. The maximum atomic E-state index is 12.3. The second-order valence-corrected chi connectivity index (χ2v) is 7.71. The van der Waals surface area contributed by atoms with Crippen molar-refractivity contribution in [1.29, 1.82) is 0 Å². The van der Waals surface area contributed by atoms with E-state index in [4.69, 9.17) is 11.6 Å². The van der Waals surface area contributed by atoms with Crippen LogP contribution in [-0.4, -0.2) is 50.4 Å². The molecular formula is C13H17ClN2O3S. The Hall–Kier alpha value is -1.27. The number of rotatable bonds is 4. The topological polar surface area (TPSA) is 66.5 Å². The van der Waals surface area contributed by atoms with E-state index in [2.05, 4.69) is 5.32 Å². The van der Waals surface area contributed by atoms with Gasteiger partial charge in [-0.2, -0.15) is 0 Å². The van der Waals surface area contributed by atoms with Crippen LogP contribution in [0.3, 0.4) is 0 Å². The lowest BCUT2D eigenvalue weighted by molar-refractivity contribution is 0.0659. The molecule has 110 valence electrons. The van der Waals surface area contributed by atoms with Crippen molar-refractivity contribution in [3.8, 4) is 0 Å². The summed E-state index contributed by atoms with van der Waals surface area (Å²) in [7, 11) is -1.32. The molecule has 20 heavy (non-hydrogen) atoms. The zero-order chi connectivity index (χ0) is 14.9. The highest BCUT2D eigenvalue weighted by atomic mass is 35.5. The van der Waals surface area contributed by atoms with Crippen molar-refractivity contribution in [3.05, 3.63) is 28.8 Å². The van der Waals surface area contributed by atoms with Crippen molar-refractivity contribution in [2.45, 2.75) is 12.2 Å². The Morgan fingerprint density at radius 3 is 2.65 bits per heavy atom. The summed E-state index contributed by atoms with van der Waals surface area (Å²) < 4.78 is 23.4. The number of hydrogen-bond acceptors (Lipinski definition) is 4. The molecule has 0 unspecified atom stereocenters. The van der Waals surface area contributed by atoms with Gasteiger partial charge in [0.2, 0.25) is 0 Å². The Kier molecular flexibility index (Phi) is 4.25. The summed E-state index contributed by atoms with van der Waals surface area (Å²) in [6.45, 7) is 2.11. The van der Waals surface area contributed by atoms with Gasteiger partial charge in [-0.25, -0.2) is 8.42 Å². The van der Waals surface area contributed by atoms with Crippen LogP contribution in [0.2, 0.25) is 5.02 Å². The van der Waals surface area contributed by atoms with Gasteiger partial charge in [-0.3, -0.25) is 4.79 Å². The fourth-order valence-corrected chi connectivity index (χ4v) is 3.57. The van der Waals surface area contributed by atoms with E-state index in [-0.39, 0.29) is 24.7 Å². The number of sulfone groups is 1. The van der Waals surface area contributed by atoms with Crippen LogP contribution >= 0.6 is 11.6 Å². The van der Waals surface area contributed by atoms with Crippen molar-refractivity contribution in [2.75, 3.05) is 31.2 Å². The van der Waals surface area contributed by atoms with Gasteiger partial charge >= 0.3 is 0 Å². The summed E-state index contributed by atoms with van der Waals surface area (Å²) in [5.74, 6) is -0.120. The summed E-state index contributed by atoms with van der Waals surface area (Å²) in [6, 6.07) is 5.10. The lowest BCUT2D eigenvalue weighted by Gasteiger charge is -2.38. The highest BCUT2D eigenvalue weighted by molar-refractivity contribution is 7.92. The van der Waals surface area contributed by atoms with E-state index in [0.29, 0.717) is 10.6 Å². The number of amides is 1. The highest BCUT2D eigenvalue weighted by Crippen LogP contribution is 2.25. The van der Waals surface area contributed by atoms with Gasteiger partial charge in [-0.1, -0.05) is 18.5 Å². The zero-order valence-corrected chi connectivity index (χ0v) is 13.0. The van der Waals surface area contributed by atoms with Crippen LogP contribution < -0.4 is 5.32 Å². The second-order valence-electron chi connectivity index (χ2n) is 4.73. The van der Waals surface area contributed by atoms with Gasteiger partial charge < -0.3 is 10.2 Å². The average molecular weight is 317 g/mol. The van der Waals surface area contributed by atoms with Gasteiger partial charge in [0.25, 0.3) is 5.91 Å². The molecule has 0 spiro atoms. The standard InChI is InChI=1S/C13H17ClN2O3S/c1-3-20(18,19)10-7-16(8-10)13(17)11-6-9(15-2)4-5-12(11)14/h4-6,10,15H,3,7-8H2,1-2H3. The molecule has 7 heteroatoms. The molecule has 0 radical (unpaired) electrons. The highest BCUT2D eigenvalue weighted by Gasteiger charge is 2.39. The minimum atomic E-state index is -3.07. The Morgan fingerprint density at radius 2 is 2.10 bits per heavy atom. The Balaban J connectivity index is 2.12. The summed E-state index contributed by atoms with van der Waals surface area (Å²) in [4.78, 5) is 13.8. The van der Waals surface area contributed by atoms with Crippen LogP contribution in [0.15, 0.2) is 18.2 Å². The molecule has 1 aliphatic rings. The summed E-state index contributed by atoms with van der Waals surface area (Å²) in [5.41, 5.74) is 1.18. The van der Waals surface area contributed by atoms with Gasteiger partial charge in [0.1, 0.15) is 0 Å². The Labute approximate surface area is 123 Å². The molecule has 1 aromatic carbocycles. The van der Waals surface area contributed by atoms with E-state index < -0.39 is 15.1 Å². The van der Waals surface area contributed by atoms with Gasteiger partial charge in [-0.05, 0) is 18.2 Å². The van der Waals surface area contributed by atoms with Crippen LogP contribution in [0, 0.1) is 0 Å². The van der Waals surface area contributed by atoms with Crippen molar-refractivity contribution in [1.82, 2.24) is 4.90 Å². The first-order valence-electron chi connectivity index (χ1n) is 6.37. The van der Waals surface area contributed by atoms with E-state index >= 15 is 0 Å². The smallest absolute Gasteiger partial charge is 0.255 e. The first-order valence-corrected chi connectivity index (χ1v) is 8.46. The quantitative estimate of drug-likeness (QED) is 0.917. The minimum Gasteiger partial charge on any atom is -0.388 e. The number of nitrogens with one attached hydrogen (secondary N) is 1. The molecule has 1 amide bonds. The van der Waals surface area contributed by atoms with Crippen molar-refractivity contribution in [2.24, 2.45) is 0 Å². The van der Waals surface area contributed by atoms with Crippen LogP contribution in [0.25, 0.3) is 0 Å². The molecule has 1 aromatic rings. The molecule has 1 heterocycles. The molecule has 0 aromatic heterocycles. The van der Waals surface area contributed by atoms with E-state index in [9.17, 15) is 13.2 Å². The number of halogens is 1. The first-order chi connectivity index (χ1) is 9.39. The summed E-state index contributed by atoms with van der Waals surface area (Å²) in [5, 5.41) is 2.87. The molecule has 0 bridgehead atoms. The number of nitrogens with zero attached hydrogens (tertiary/aromatic N) is 1. The van der Waals surface area contributed by atoms with Crippen LogP contribution in [-0.2, 0) is 9.84 Å². The number of hydrogen-bond donors (Lipinski definition) is 1. The third-order valence-electron chi connectivity index (χ3n) is 3.53. The predicted molar refractivity (Wildman–Crippen MR) is 80.2 cm³/mol. The van der Waals surface area contributed by atoms with Crippen molar-refractivity contribution in [3.63, 3.8) is 0 Å². The molecule has 0 aliphatic carbocycles. The Bertz CT molecular complexity index is 625. The largest absolute Gasteiger partial charge is 0.388 e. The van der Waals surface area contributed by atoms with Gasteiger partial charge in [-0.15, -0.1) is 0 Å². The molecule has 2 rings (SSSR count). The first kappa shape index (κ1) is 15.1. The third-order valence-corrected chi connectivity index (χ3v) is 5.98. The molecule has 0 saturated carbocycles. The molecule has 1 N–H and O–H groups in total. The SMILES string of the molecule is CCS(=O)(=O)C1CN(C(=O)c2cc(NC)ccc2Cl)C1. The molecule has 1 fully saturated rings. The predicted octanol–water partition coefficient (Wildman–Crippen LogP) is 1.64. The number of anilines is 1. The fraction of sp³-hybridized carbons (Fsp3) is 0.462. The van der Waals surface area contributed by atoms with Crippen molar-refractivity contribution >= 4 is 33.0 Å². The third kappa shape index (κ3) is 2.76. The minimum absolute atomic E-state index is 0.107. The number of carbonyl (C=O) groups excluding carboxylic acids is 1. The number of benzene rings is 1. The van der Waals surface area contributed by atoms with Gasteiger partial charge in [0, 0.05) is 31.6 Å². The van der Waals surface area contributed by atoms with E-state index in [1.54, 1.807) is 32.2 Å². The monoisotopic (exact) mass is 316 g/mol. The van der Waals surface area contributed by atoms with Crippen molar-refractivity contribution < 1.29 is 13.2 Å². The average Bonchev–Trinajstić information content (AvgIpc) is 2.37. The maximum Gasteiger partial charge on any atom is 0.255 e. The zero-order valence-electron chi connectivity index (χ0n) is 11.4. The molecule has 1 aliphatic heterocycles. The van der Waals surface area contributed by atoms with Crippen LogP contribution in [0.5, 0.6) is 0 Å². The van der Waals surface area contributed by atoms with Crippen LogP contribution in [0.1, 0.15) is 17.3 Å². The summed E-state index contributed by atoms with van der Waals surface area (Å²) >= 11 is 6.03. The molecule has 1 saturated heterocycles. The van der Waals surface area contributed by atoms with Gasteiger partial charge in [0.05, 0.1) is 15.8 Å². The van der Waals surface area contributed by atoms with E-state index in [1.165, 1.54) is 4.90 Å². The fourth-order valence-electron chi connectivity index (χ4n) is 2.08. The lowest BCUT2D eigenvalue weighted by atomic mass is 10.1. The normalized spacial score (nSPS) is 15.8. The van der Waals surface area contributed by atoms with E-state index in [1.807, 2.05) is 0 Å². The summed E-state index contributed by atoms with van der Waals surface area (Å²) in [6.07, 6.45) is 0. The molecule has 0 atom stereocenters. The lowest BCUT2D eigenvalue weighted by Crippen LogP contribution is -2.57. The molecular weight excluding hydrogens is 300 g/mol. The van der Waals surface area contributed by atoms with Gasteiger partial charge in [0.15, 0.2) is 9.84 Å². The number of carbonyl (C=O) groups is 1. The second kappa shape index (κ2) is 5.61.